The van der Waals surface area contributed by atoms with Crippen molar-refractivity contribution >= 4 is 11.9 Å². The zero-order valence-corrected chi connectivity index (χ0v) is 19.5. The molecule has 1 saturated carbocycles. The minimum atomic E-state index is 0.176. The largest absolute Gasteiger partial charge is 0.339 e. The van der Waals surface area contributed by atoms with Crippen LogP contribution in [0.15, 0.2) is 24.3 Å². The Labute approximate surface area is 192 Å². The molecule has 4 fully saturated rings. The number of nitrogens with one attached hydrogen (secondary N) is 1. The van der Waals surface area contributed by atoms with Crippen molar-refractivity contribution in [3.63, 3.8) is 0 Å². The number of rotatable bonds is 3. The Morgan fingerprint density at radius 1 is 0.906 bits per heavy atom. The van der Waals surface area contributed by atoms with Crippen molar-refractivity contribution in [3.8, 4) is 0 Å². The lowest BCUT2D eigenvalue weighted by Gasteiger charge is -2.50. The lowest BCUT2D eigenvalue weighted by molar-refractivity contribution is 0.0227. The van der Waals surface area contributed by atoms with E-state index in [4.69, 9.17) is 0 Å². The van der Waals surface area contributed by atoms with Crippen molar-refractivity contribution < 1.29 is 9.59 Å². The second kappa shape index (κ2) is 9.42. The number of aryl methyl sites for hydroxylation is 1. The Bertz CT molecular complexity index is 827. The SMILES string of the molecule is Cc1ccccc1C(=O)N1CCC(N2CCC(N3C(=O)NC[C@H]4CCCC[C@@H]43)CC2)CC1. The van der Waals surface area contributed by atoms with Gasteiger partial charge in [0.15, 0.2) is 0 Å². The first-order valence-electron chi connectivity index (χ1n) is 12.8. The number of nitrogens with zero attached hydrogens (tertiary/aromatic N) is 3. The van der Waals surface area contributed by atoms with Crippen molar-refractivity contribution in [2.24, 2.45) is 5.92 Å². The van der Waals surface area contributed by atoms with Gasteiger partial charge in [0.1, 0.15) is 0 Å². The average Bonchev–Trinajstić information content (AvgIpc) is 2.84. The smallest absolute Gasteiger partial charge is 0.317 e. The van der Waals surface area contributed by atoms with Gasteiger partial charge in [-0.3, -0.25) is 4.79 Å². The number of hydrogen-bond acceptors (Lipinski definition) is 3. The van der Waals surface area contributed by atoms with Crippen LogP contribution in [0.3, 0.4) is 0 Å². The molecule has 2 atom stereocenters. The van der Waals surface area contributed by atoms with Crippen LogP contribution in [-0.4, -0.2) is 77.5 Å². The fraction of sp³-hybridized carbons (Fsp3) is 0.692. The molecule has 0 bridgehead atoms. The highest BCUT2D eigenvalue weighted by Crippen LogP contribution is 2.34. The van der Waals surface area contributed by atoms with Crippen LogP contribution in [0.5, 0.6) is 0 Å². The first-order chi connectivity index (χ1) is 15.6. The third kappa shape index (κ3) is 4.26. The molecule has 6 heteroatoms. The van der Waals surface area contributed by atoms with Crippen LogP contribution in [0.4, 0.5) is 4.79 Å². The predicted molar refractivity (Wildman–Crippen MR) is 126 cm³/mol. The topological polar surface area (TPSA) is 55.9 Å². The molecule has 0 spiro atoms. The van der Waals surface area contributed by atoms with Crippen LogP contribution < -0.4 is 5.32 Å². The number of carbonyl (C=O) groups excluding carboxylic acids is 2. The number of amides is 3. The van der Waals surface area contributed by atoms with Crippen LogP contribution >= 0.6 is 0 Å². The van der Waals surface area contributed by atoms with Gasteiger partial charge in [0.25, 0.3) is 5.91 Å². The van der Waals surface area contributed by atoms with Gasteiger partial charge in [-0.25, -0.2) is 4.79 Å². The Morgan fingerprint density at radius 3 is 2.34 bits per heavy atom. The normalized spacial score (nSPS) is 28.3. The van der Waals surface area contributed by atoms with Gasteiger partial charge < -0.3 is 20.0 Å². The summed E-state index contributed by atoms with van der Waals surface area (Å²) in [5.41, 5.74) is 1.90. The molecule has 4 aliphatic rings. The van der Waals surface area contributed by atoms with Gasteiger partial charge in [0, 0.05) is 56.4 Å². The van der Waals surface area contributed by atoms with Crippen LogP contribution in [0.1, 0.15) is 67.3 Å². The molecule has 3 saturated heterocycles. The molecule has 5 rings (SSSR count). The monoisotopic (exact) mass is 438 g/mol. The van der Waals surface area contributed by atoms with E-state index in [2.05, 4.69) is 15.1 Å². The number of urea groups is 1. The Hall–Kier alpha value is -2.08. The van der Waals surface area contributed by atoms with Gasteiger partial charge in [-0.1, -0.05) is 31.0 Å². The van der Waals surface area contributed by atoms with E-state index in [9.17, 15) is 9.59 Å². The molecular weight excluding hydrogens is 400 g/mol. The van der Waals surface area contributed by atoms with Gasteiger partial charge in [0.05, 0.1) is 0 Å². The molecule has 3 amide bonds. The molecule has 0 unspecified atom stereocenters. The molecule has 1 N–H and O–H groups in total. The van der Waals surface area contributed by atoms with E-state index in [-0.39, 0.29) is 11.9 Å². The van der Waals surface area contributed by atoms with Crippen LogP contribution in [0.25, 0.3) is 0 Å². The minimum Gasteiger partial charge on any atom is -0.339 e. The van der Waals surface area contributed by atoms with E-state index < -0.39 is 0 Å². The maximum Gasteiger partial charge on any atom is 0.317 e. The highest BCUT2D eigenvalue weighted by atomic mass is 16.2. The summed E-state index contributed by atoms with van der Waals surface area (Å²) in [5, 5.41) is 3.17. The summed E-state index contributed by atoms with van der Waals surface area (Å²) < 4.78 is 0. The summed E-state index contributed by atoms with van der Waals surface area (Å²) >= 11 is 0. The molecular formula is C26H38N4O2. The fourth-order valence-corrected chi connectivity index (χ4v) is 6.64. The molecule has 1 aliphatic carbocycles. The van der Waals surface area contributed by atoms with Crippen LogP contribution in [0.2, 0.25) is 0 Å². The molecule has 3 aliphatic heterocycles. The van der Waals surface area contributed by atoms with Crippen LogP contribution in [-0.2, 0) is 0 Å². The van der Waals surface area contributed by atoms with Crippen molar-refractivity contribution in [1.82, 2.24) is 20.0 Å². The Morgan fingerprint density at radius 2 is 1.59 bits per heavy atom. The standard InChI is InChI=1S/C26H38N4O2/c1-19-6-2-4-8-23(19)25(31)29-16-10-21(11-17-29)28-14-12-22(13-15-28)30-24-9-5-3-7-20(24)18-27-26(30)32/h2,4,6,8,20-22,24H,3,5,7,9-18H2,1H3,(H,27,32)/t20-,24+/m1/s1. The Kier molecular flexibility index (Phi) is 6.40. The fourth-order valence-electron chi connectivity index (χ4n) is 6.64. The maximum absolute atomic E-state index is 12.9. The van der Waals surface area contributed by atoms with Crippen molar-refractivity contribution in [3.05, 3.63) is 35.4 Å². The van der Waals surface area contributed by atoms with Crippen molar-refractivity contribution in [1.29, 1.82) is 0 Å². The molecule has 1 aromatic carbocycles. The quantitative estimate of drug-likeness (QED) is 0.784. The number of likely N-dealkylation sites (tertiary alicyclic amines) is 2. The summed E-state index contributed by atoms with van der Waals surface area (Å²) in [5.74, 6) is 0.827. The highest BCUT2D eigenvalue weighted by Gasteiger charge is 2.42. The van der Waals surface area contributed by atoms with Crippen molar-refractivity contribution in [2.75, 3.05) is 32.7 Å². The number of benzene rings is 1. The Balaban J connectivity index is 1.13. The first kappa shape index (κ1) is 21.7. The number of hydrogen-bond donors (Lipinski definition) is 1. The van der Waals surface area contributed by atoms with E-state index >= 15 is 0 Å². The predicted octanol–water partition coefficient (Wildman–Crippen LogP) is 3.65. The first-order valence-corrected chi connectivity index (χ1v) is 12.8. The molecule has 3 heterocycles. The second-order valence-electron chi connectivity index (χ2n) is 10.3. The summed E-state index contributed by atoms with van der Waals surface area (Å²) in [6, 6.07) is 9.50. The summed E-state index contributed by atoms with van der Waals surface area (Å²) in [6.07, 6.45) is 9.30. The average molecular weight is 439 g/mol. The summed E-state index contributed by atoms with van der Waals surface area (Å²) in [6.45, 7) is 6.72. The summed E-state index contributed by atoms with van der Waals surface area (Å²) in [7, 11) is 0. The molecule has 1 aromatic rings. The maximum atomic E-state index is 12.9. The van der Waals surface area contributed by atoms with Crippen molar-refractivity contribution in [2.45, 2.75) is 76.4 Å². The van der Waals surface area contributed by atoms with E-state index in [0.29, 0.717) is 24.0 Å². The highest BCUT2D eigenvalue weighted by molar-refractivity contribution is 5.95. The van der Waals surface area contributed by atoms with Gasteiger partial charge in [-0.05, 0) is 63.0 Å². The zero-order chi connectivity index (χ0) is 22.1. The summed E-state index contributed by atoms with van der Waals surface area (Å²) in [4.78, 5) is 32.6. The van der Waals surface area contributed by atoms with E-state index in [1.54, 1.807) is 0 Å². The van der Waals surface area contributed by atoms with E-state index in [1.165, 1.54) is 25.7 Å². The lowest BCUT2D eigenvalue weighted by Crippen LogP contribution is -2.63. The number of fused-ring (bicyclic) bond motifs is 1. The van der Waals surface area contributed by atoms with Gasteiger partial charge >= 0.3 is 6.03 Å². The molecule has 174 valence electrons. The molecule has 6 nitrogen and oxygen atoms in total. The van der Waals surface area contributed by atoms with E-state index in [0.717, 1.165) is 69.5 Å². The van der Waals surface area contributed by atoms with Gasteiger partial charge in [-0.2, -0.15) is 0 Å². The van der Waals surface area contributed by atoms with Gasteiger partial charge in [0.2, 0.25) is 0 Å². The molecule has 0 aromatic heterocycles. The number of carbonyl (C=O) groups is 2. The van der Waals surface area contributed by atoms with Crippen LogP contribution in [0, 0.1) is 12.8 Å². The van der Waals surface area contributed by atoms with E-state index in [1.807, 2.05) is 36.1 Å². The lowest BCUT2D eigenvalue weighted by atomic mass is 9.81. The second-order valence-corrected chi connectivity index (χ2v) is 10.3. The third-order valence-corrected chi connectivity index (χ3v) is 8.51. The third-order valence-electron chi connectivity index (χ3n) is 8.51. The number of piperidine rings is 2. The minimum absolute atomic E-state index is 0.176. The molecule has 32 heavy (non-hydrogen) atoms. The van der Waals surface area contributed by atoms with Gasteiger partial charge in [-0.15, -0.1) is 0 Å². The zero-order valence-electron chi connectivity index (χ0n) is 19.5. The molecule has 0 radical (unpaired) electrons.